The lowest BCUT2D eigenvalue weighted by Crippen LogP contribution is -2.35. The Morgan fingerprint density at radius 3 is 2.63 bits per heavy atom. The monoisotopic (exact) mass is 394 g/mol. The fraction of sp³-hybridized carbons (Fsp3) is 0.231. The average Bonchev–Trinajstić information content (AvgIpc) is 3.31. The molecule has 2 aliphatic carbocycles. The summed E-state index contributed by atoms with van der Waals surface area (Å²) >= 11 is 0. The van der Waals surface area contributed by atoms with Crippen molar-refractivity contribution in [3.63, 3.8) is 0 Å². The molecule has 30 heavy (non-hydrogen) atoms. The van der Waals surface area contributed by atoms with Crippen LogP contribution in [0.1, 0.15) is 56.8 Å². The molecule has 148 valence electrons. The fourth-order valence-corrected chi connectivity index (χ4v) is 5.03. The summed E-state index contributed by atoms with van der Waals surface area (Å²) in [6.45, 7) is 1.97. The van der Waals surface area contributed by atoms with Gasteiger partial charge in [0.25, 0.3) is 5.91 Å². The van der Waals surface area contributed by atoms with Crippen molar-refractivity contribution in [3.8, 4) is 0 Å². The molecule has 0 spiro atoms. The molecule has 0 radical (unpaired) electrons. The summed E-state index contributed by atoms with van der Waals surface area (Å²) in [6.07, 6.45) is 3.24. The lowest BCUT2D eigenvalue weighted by molar-refractivity contribution is 0.0929. The number of carbonyl (C=O) groups excluding carboxylic acids is 2. The maximum atomic E-state index is 13.3. The minimum Gasteiger partial charge on any atom is -0.352 e. The van der Waals surface area contributed by atoms with Crippen molar-refractivity contribution >= 4 is 33.4 Å². The Balaban J connectivity index is 1.38. The summed E-state index contributed by atoms with van der Waals surface area (Å²) in [7, 11) is 0. The molecule has 2 N–H and O–H groups in total. The van der Waals surface area contributed by atoms with Crippen molar-refractivity contribution < 1.29 is 9.59 Å². The molecule has 1 amide bonds. The van der Waals surface area contributed by atoms with Gasteiger partial charge in [-0.2, -0.15) is 0 Å². The quantitative estimate of drug-likeness (QED) is 0.503. The van der Waals surface area contributed by atoms with Crippen LogP contribution in [0, 0.1) is 6.92 Å². The zero-order chi connectivity index (χ0) is 20.5. The minimum atomic E-state index is -0.299. The normalized spacial score (nSPS) is 16.8. The van der Waals surface area contributed by atoms with Crippen molar-refractivity contribution in [3.05, 3.63) is 82.5 Å². The third-order valence-electron chi connectivity index (χ3n) is 6.78. The van der Waals surface area contributed by atoms with Crippen LogP contribution in [0.5, 0.6) is 0 Å². The second-order valence-corrected chi connectivity index (χ2v) is 8.68. The van der Waals surface area contributed by atoms with Gasteiger partial charge in [0.15, 0.2) is 5.78 Å². The Labute approximate surface area is 174 Å². The molecule has 0 aliphatic heterocycles. The Bertz CT molecular complexity index is 1370. The topological polar surface area (TPSA) is 62.0 Å². The number of aromatic amines is 1. The zero-order valence-corrected chi connectivity index (χ0v) is 16.8. The highest BCUT2D eigenvalue weighted by Crippen LogP contribution is 2.48. The SMILES string of the molecule is Cc1cc2c3c([nH]c2cc1C(=O)NC1(c2cccc4ccccc24)CC1)C(=O)CC3. The van der Waals surface area contributed by atoms with Crippen LogP contribution in [0.15, 0.2) is 54.6 Å². The van der Waals surface area contributed by atoms with Gasteiger partial charge in [0, 0.05) is 22.9 Å². The maximum absolute atomic E-state index is 13.3. The van der Waals surface area contributed by atoms with Crippen molar-refractivity contribution in [2.24, 2.45) is 0 Å². The smallest absolute Gasteiger partial charge is 0.252 e. The summed E-state index contributed by atoms with van der Waals surface area (Å²) in [5, 5.41) is 6.80. The van der Waals surface area contributed by atoms with Gasteiger partial charge in [0.05, 0.1) is 11.2 Å². The molecule has 1 saturated carbocycles. The summed E-state index contributed by atoms with van der Waals surface area (Å²) < 4.78 is 0. The van der Waals surface area contributed by atoms with E-state index in [0.29, 0.717) is 12.0 Å². The highest BCUT2D eigenvalue weighted by molar-refractivity contribution is 6.07. The van der Waals surface area contributed by atoms with Crippen LogP contribution in [-0.2, 0) is 12.0 Å². The molecular weight excluding hydrogens is 372 g/mol. The Morgan fingerprint density at radius 2 is 1.80 bits per heavy atom. The van der Waals surface area contributed by atoms with Gasteiger partial charge in [-0.25, -0.2) is 0 Å². The summed E-state index contributed by atoms with van der Waals surface area (Å²) in [5.74, 6) is 0.110. The van der Waals surface area contributed by atoms with E-state index in [2.05, 4.69) is 46.7 Å². The molecular formula is C26H22N2O2. The first-order valence-electron chi connectivity index (χ1n) is 10.5. The third kappa shape index (κ3) is 2.46. The van der Waals surface area contributed by atoms with Crippen LogP contribution in [-0.4, -0.2) is 16.7 Å². The molecule has 0 unspecified atom stereocenters. The van der Waals surface area contributed by atoms with Gasteiger partial charge in [-0.05, 0) is 65.8 Å². The van der Waals surface area contributed by atoms with Crippen LogP contribution in [0.3, 0.4) is 0 Å². The lowest BCUT2D eigenvalue weighted by atomic mass is 9.96. The van der Waals surface area contributed by atoms with Gasteiger partial charge in [0.2, 0.25) is 0 Å². The third-order valence-corrected chi connectivity index (χ3v) is 6.78. The summed E-state index contributed by atoms with van der Waals surface area (Å²) in [5.41, 5.74) is 5.19. The van der Waals surface area contributed by atoms with Crippen LogP contribution < -0.4 is 5.32 Å². The molecule has 4 aromatic rings. The number of Topliss-reactive ketones (excluding diaryl/α,β-unsaturated/α-hetero) is 1. The van der Waals surface area contributed by atoms with E-state index in [1.165, 1.54) is 16.3 Å². The van der Waals surface area contributed by atoms with E-state index < -0.39 is 0 Å². The van der Waals surface area contributed by atoms with Crippen molar-refractivity contribution in [1.82, 2.24) is 10.3 Å². The van der Waals surface area contributed by atoms with Crippen LogP contribution in [0.25, 0.3) is 21.7 Å². The van der Waals surface area contributed by atoms with E-state index in [1.807, 2.05) is 25.1 Å². The first-order valence-corrected chi connectivity index (χ1v) is 10.5. The highest BCUT2D eigenvalue weighted by atomic mass is 16.2. The number of H-pyrrole nitrogens is 1. The molecule has 6 rings (SSSR count). The Kier molecular flexibility index (Phi) is 3.52. The molecule has 2 aliphatic rings. The number of amides is 1. The van der Waals surface area contributed by atoms with Gasteiger partial charge >= 0.3 is 0 Å². The Morgan fingerprint density at radius 1 is 1.00 bits per heavy atom. The summed E-state index contributed by atoms with van der Waals surface area (Å²) in [6, 6.07) is 18.6. The predicted molar refractivity (Wildman–Crippen MR) is 118 cm³/mol. The van der Waals surface area contributed by atoms with Gasteiger partial charge in [-0.1, -0.05) is 42.5 Å². The van der Waals surface area contributed by atoms with Gasteiger partial charge in [-0.15, -0.1) is 0 Å². The van der Waals surface area contributed by atoms with Gasteiger partial charge in [0.1, 0.15) is 0 Å². The number of benzene rings is 3. The molecule has 0 atom stereocenters. The van der Waals surface area contributed by atoms with E-state index >= 15 is 0 Å². The molecule has 3 aromatic carbocycles. The Hall–Kier alpha value is -3.40. The van der Waals surface area contributed by atoms with Crippen LogP contribution >= 0.6 is 0 Å². The second-order valence-electron chi connectivity index (χ2n) is 8.68. The average molecular weight is 394 g/mol. The van der Waals surface area contributed by atoms with Crippen LogP contribution in [0.4, 0.5) is 0 Å². The van der Waals surface area contributed by atoms with Gasteiger partial charge in [-0.3, -0.25) is 9.59 Å². The molecule has 1 heterocycles. The predicted octanol–water partition coefficient (Wildman–Crippen LogP) is 5.18. The number of aryl methyl sites for hydroxylation is 2. The first kappa shape index (κ1) is 17.5. The molecule has 1 aromatic heterocycles. The molecule has 0 bridgehead atoms. The van der Waals surface area contributed by atoms with E-state index in [9.17, 15) is 9.59 Å². The first-order chi connectivity index (χ1) is 14.6. The van der Waals surface area contributed by atoms with E-state index in [4.69, 9.17) is 0 Å². The number of nitrogens with one attached hydrogen (secondary N) is 2. The van der Waals surface area contributed by atoms with E-state index in [-0.39, 0.29) is 17.2 Å². The van der Waals surface area contributed by atoms with Crippen molar-refractivity contribution in [2.75, 3.05) is 0 Å². The van der Waals surface area contributed by atoms with Crippen LogP contribution in [0.2, 0.25) is 0 Å². The number of hydrogen-bond donors (Lipinski definition) is 2. The molecule has 1 fully saturated rings. The van der Waals surface area contributed by atoms with E-state index in [1.54, 1.807) is 0 Å². The number of aromatic nitrogens is 1. The fourth-order valence-electron chi connectivity index (χ4n) is 5.03. The maximum Gasteiger partial charge on any atom is 0.252 e. The standard InChI is InChI=1S/C26H22N2O2/c1-15-13-20-18-9-10-23(29)24(18)27-22(20)14-19(15)25(30)28-26(11-12-26)21-8-4-6-16-5-2-3-7-17(16)21/h2-8,13-14,27H,9-12H2,1H3,(H,28,30). The number of carbonyl (C=O) groups is 2. The zero-order valence-electron chi connectivity index (χ0n) is 16.8. The largest absolute Gasteiger partial charge is 0.352 e. The molecule has 4 heteroatoms. The highest BCUT2D eigenvalue weighted by Gasteiger charge is 2.46. The van der Waals surface area contributed by atoms with E-state index in [0.717, 1.165) is 47.0 Å². The number of rotatable bonds is 3. The number of ketones is 1. The molecule has 0 saturated heterocycles. The van der Waals surface area contributed by atoms with Crippen molar-refractivity contribution in [2.45, 2.75) is 38.1 Å². The summed E-state index contributed by atoms with van der Waals surface area (Å²) in [4.78, 5) is 28.7. The lowest BCUT2D eigenvalue weighted by Gasteiger charge is -2.21. The van der Waals surface area contributed by atoms with Gasteiger partial charge < -0.3 is 10.3 Å². The minimum absolute atomic E-state index is 0.0547. The molecule has 4 nitrogen and oxygen atoms in total. The number of hydrogen-bond acceptors (Lipinski definition) is 2. The number of fused-ring (bicyclic) bond motifs is 4. The van der Waals surface area contributed by atoms with Crippen molar-refractivity contribution in [1.29, 1.82) is 0 Å². The second kappa shape index (κ2) is 6.05.